The number of piperidine rings is 1. The predicted molar refractivity (Wildman–Crippen MR) is 70.7 cm³/mol. The number of aryl methyl sites for hydroxylation is 1. The highest BCUT2D eigenvalue weighted by molar-refractivity contribution is 7.15. The zero-order valence-corrected chi connectivity index (χ0v) is 11.5. The van der Waals surface area contributed by atoms with Crippen molar-refractivity contribution >= 4 is 34.8 Å². The minimum Gasteiger partial charge on any atom is -0.314 e. The molecular formula is C10H17ClN4OS. The fourth-order valence-electron chi connectivity index (χ4n) is 1.92. The van der Waals surface area contributed by atoms with Gasteiger partial charge < -0.3 is 10.6 Å². The highest BCUT2D eigenvalue weighted by Crippen LogP contribution is 2.20. The number of rotatable bonds is 2. The van der Waals surface area contributed by atoms with E-state index in [1.54, 1.807) is 0 Å². The smallest absolute Gasteiger partial charge is 0.229 e. The summed E-state index contributed by atoms with van der Waals surface area (Å²) in [5.74, 6) is 0.171. The fourth-order valence-corrected chi connectivity index (χ4v) is 2.52. The van der Waals surface area contributed by atoms with Gasteiger partial charge in [-0.1, -0.05) is 11.3 Å². The highest BCUT2D eigenvalue weighted by Gasteiger charge is 2.25. The monoisotopic (exact) mass is 276 g/mol. The molecule has 0 radical (unpaired) electrons. The molecule has 0 spiro atoms. The minimum absolute atomic E-state index is 0. The Morgan fingerprint density at radius 1 is 1.53 bits per heavy atom. The van der Waals surface area contributed by atoms with Gasteiger partial charge in [0.25, 0.3) is 0 Å². The Hall–Kier alpha value is -0.720. The van der Waals surface area contributed by atoms with Crippen LogP contribution in [-0.2, 0) is 4.79 Å². The Morgan fingerprint density at radius 2 is 2.29 bits per heavy atom. The number of aromatic nitrogens is 2. The van der Waals surface area contributed by atoms with Crippen LogP contribution >= 0.6 is 23.7 Å². The summed E-state index contributed by atoms with van der Waals surface area (Å²) in [6.45, 7) is 4.89. The minimum atomic E-state index is 0. The van der Waals surface area contributed by atoms with Gasteiger partial charge in [-0.05, 0) is 33.2 Å². The van der Waals surface area contributed by atoms with E-state index >= 15 is 0 Å². The van der Waals surface area contributed by atoms with E-state index in [1.807, 2.05) is 6.92 Å². The van der Waals surface area contributed by atoms with Crippen LogP contribution in [0.15, 0.2) is 0 Å². The summed E-state index contributed by atoms with van der Waals surface area (Å²) in [6.07, 6.45) is 1.79. The first-order valence-electron chi connectivity index (χ1n) is 5.49. The van der Waals surface area contributed by atoms with Gasteiger partial charge in [0.1, 0.15) is 5.01 Å². The van der Waals surface area contributed by atoms with Gasteiger partial charge in [0.05, 0.1) is 0 Å². The van der Waals surface area contributed by atoms with E-state index in [1.165, 1.54) is 11.3 Å². The third-order valence-electron chi connectivity index (χ3n) is 2.75. The van der Waals surface area contributed by atoms with E-state index in [0.29, 0.717) is 11.2 Å². The molecule has 2 atom stereocenters. The molecule has 1 aromatic rings. The van der Waals surface area contributed by atoms with E-state index < -0.39 is 0 Å². The first-order valence-corrected chi connectivity index (χ1v) is 6.31. The number of carbonyl (C=O) groups is 1. The van der Waals surface area contributed by atoms with Crippen molar-refractivity contribution in [3.63, 3.8) is 0 Å². The van der Waals surface area contributed by atoms with Crippen LogP contribution in [0.1, 0.15) is 24.8 Å². The second-order valence-corrected chi connectivity index (χ2v) is 5.37. The lowest BCUT2D eigenvalue weighted by atomic mass is 9.93. The van der Waals surface area contributed by atoms with Crippen LogP contribution in [0.25, 0.3) is 0 Å². The van der Waals surface area contributed by atoms with Crippen LogP contribution in [0.3, 0.4) is 0 Å². The third kappa shape index (κ3) is 3.90. The van der Waals surface area contributed by atoms with E-state index in [-0.39, 0.29) is 24.2 Å². The lowest BCUT2D eigenvalue weighted by Crippen LogP contribution is -2.40. The molecule has 1 fully saturated rings. The Bertz CT molecular complexity index is 384. The Balaban J connectivity index is 0.00000144. The van der Waals surface area contributed by atoms with Crippen molar-refractivity contribution in [2.45, 2.75) is 32.7 Å². The molecule has 0 bridgehead atoms. The summed E-state index contributed by atoms with van der Waals surface area (Å²) in [6, 6.07) is 0.417. The fraction of sp³-hybridized carbons (Fsp3) is 0.700. The summed E-state index contributed by atoms with van der Waals surface area (Å²) < 4.78 is 0. The molecular weight excluding hydrogens is 260 g/mol. The van der Waals surface area contributed by atoms with Crippen molar-refractivity contribution in [3.8, 4) is 0 Å². The summed E-state index contributed by atoms with van der Waals surface area (Å²) in [5.41, 5.74) is 0. The average Bonchev–Trinajstić information content (AvgIpc) is 2.64. The maximum Gasteiger partial charge on any atom is 0.229 e. The maximum atomic E-state index is 11.9. The van der Waals surface area contributed by atoms with Crippen molar-refractivity contribution in [3.05, 3.63) is 5.01 Å². The van der Waals surface area contributed by atoms with E-state index in [2.05, 4.69) is 27.8 Å². The molecule has 1 saturated heterocycles. The number of hydrogen-bond acceptors (Lipinski definition) is 5. The largest absolute Gasteiger partial charge is 0.314 e. The Morgan fingerprint density at radius 3 is 2.88 bits per heavy atom. The van der Waals surface area contributed by atoms with Crippen molar-refractivity contribution in [1.29, 1.82) is 0 Å². The highest BCUT2D eigenvalue weighted by atomic mass is 35.5. The van der Waals surface area contributed by atoms with E-state index in [9.17, 15) is 4.79 Å². The molecule has 5 nitrogen and oxygen atoms in total. The van der Waals surface area contributed by atoms with Crippen molar-refractivity contribution in [1.82, 2.24) is 15.5 Å². The van der Waals surface area contributed by atoms with Gasteiger partial charge in [0.2, 0.25) is 11.0 Å². The zero-order chi connectivity index (χ0) is 11.5. The van der Waals surface area contributed by atoms with Crippen LogP contribution in [-0.4, -0.2) is 28.7 Å². The van der Waals surface area contributed by atoms with Gasteiger partial charge in [0.15, 0.2) is 0 Å². The van der Waals surface area contributed by atoms with Gasteiger partial charge in [-0.3, -0.25) is 4.79 Å². The quantitative estimate of drug-likeness (QED) is 0.861. The number of amides is 1. The Labute approximate surface area is 111 Å². The number of nitrogens with zero attached hydrogens (tertiary/aromatic N) is 2. The van der Waals surface area contributed by atoms with Crippen molar-refractivity contribution in [2.24, 2.45) is 5.92 Å². The summed E-state index contributed by atoms with van der Waals surface area (Å²) in [4.78, 5) is 11.9. The maximum absolute atomic E-state index is 11.9. The second-order valence-electron chi connectivity index (χ2n) is 4.19. The molecule has 2 rings (SSSR count). The van der Waals surface area contributed by atoms with Crippen molar-refractivity contribution in [2.75, 3.05) is 11.9 Å². The number of anilines is 1. The normalized spacial score (nSPS) is 23.9. The lowest BCUT2D eigenvalue weighted by molar-refractivity contribution is -0.120. The predicted octanol–water partition coefficient (Wildman–Crippen LogP) is 1.59. The molecule has 17 heavy (non-hydrogen) atoms. The molecule has 2 N–H and O–H groups in total. The second kappa shape index (κ2) is 6.28. The number of hydrogen-bond donors (Lipinski definition) is 2. The molecule has 1 amide bonds. The molecule has 1 aliphatic rings. The number of halogens is 1. The summed E-state index contributed by atoms with van der Waals surface area (Å²) in [7, 11) is 0. The third-order valence-corrected chi connectivity index (χ3v) is 3.50. The summed E-state index contributed by atoms with van der Waals surface area (Å²) >= 11 is 1.41. The van der Waals surface area contributed by atoms with Crippen LogP contribution < -0.4 is 10.6 Å². The molecule has 1 aliphatic heterocycles. The molecule has 0 saturated carbocycles. The first-order chi connectivity index (χ1) is 7.65. The van der Waals surface area contributed by atoms with E-state index in [4.69, 9.17) is 0 Å². The van der Waals surface area contributed by atoms with Gasteiger partial charge in [-0.15, -0.1) is 22.6 Å². The van der Waals surface area contributed by atoms with Gasteiger partial charge >= 0.3 is 0 Å². The molecule has 96 valence electrons. The molecule has 2 heterocycles. The number of nitrogens with one attached hydrogen (secondary N) is 2. The van der Waals surface area contributed by atoms with Crippen LogP contribution in [0.2, 0.25) is 0 Å². The van der Waals surface area contributed by atoms with Gasteiger partial charge in [0, 0.05) is 12.0 Å². The first kappa shape index (κ1) is 14.3. The summed E-state index contributed by atoms with van der Waals surface area (Å²) in [5, 5.41) is 15.4. The number of carbonyl (C=O) groups excluding carboxylic acids is 1. The van der Waals surface area contributed by atoms with Crippen molar-refractivity contribution < 1.29 is 4.79 Å². The zero-order valence-electron chi connectivity index (χ0n) is 9.90. The standard InChI is InChI=1S/C10H16N4OS.ClH/c1-6-5-8(3-4-11-6)9(15)12-10-14-13-7(2)16-10;/h6,8,11H,3-5H2,1-2H3,(H,12,14,15);1H/t6-,8-;/m0./s1. The van der Waals surface area contributed by atoms with Crippen LogP contribution in [0, 0.1) is 12.8 Å². The SMILES string of the molecule is Cc1nnc(NC(=O)[C@H]2CCN[C@@H](C)C2)s1.Cl. The molecule has 0 unspecified atom stereocenters. The molecule has 7 heteroatoms. The van der Waals surface area contributed by atoms with Crippen LogP contribution in [0.5, 0.6) is 0 Å². The van der Waals surface area contributed by atoms with Gasteiger partial charge in [-0.25, -0.2) is 0 Å². The Kier molecular flexibility index (Phi) is 5.30. The average molecular weight is 277 g/mol. The molecule has 0 aliphatic carbocycles. The van der Waals surface area contributed by atoms with Gasteiger partial charge in [-0.2, -0.15) is 0 Å². The van der Waals surface area contributed by atoms with Crippen LogP contribution in [0.4, 0.5) is 5.13 Å². The molecule has 1 aromatic heterocycles. The molecule has 0 aromatic carbocycles. The topological polar surface area (TPSA) is 66.9 Å². The lowest BCUT2D eigenvalue weighted by Gasteiger charge is -2.26. The van der Waals surface area contributed by atoms with E-state index in [0.717, 1.165) is 24.4 Å².